The molecule has 2 N–H and O–H groups in total. The predicted octanol–water partition coefficient (Wildman–Crippen LogP) is 4.01. The summed E-state index contributed by atoms with van der Waals surface area (Å²) in [4.78, 5) is 12.6. The fourth-order valence-electron chi connectivity index (χ4n) is 4.27. The molecule has 1 amide bonds. The summed E-state index contributed by atoms with van der Waals surface area (Å²) in [7, 11) is 3.69. The molecule has 0 bridgehead atoms. The van der Waals surface area contributed by atoms with Crippen LogP contribution in [0.2, 0.25) is 0 Å². The highest BCUT2D eigenvalue weighted by Crippen LogP contribution is 2.23. The van der Waals surface area contributed by atoms with Crippen LogP contribution >= 0.6 is 11.5 Å². The lowest BCUT2D eigenvalue weighted by atomic mass is 9.86. The molecule has 32 heavy (non-hydrogen) atoms. The van der Waals surface area contributed by atoms with Gasteiger partial charge in [-0.2, -0.15) is 0 Å². The van der Waals surface area contributed by atoms with Gasteiger partial charge >= 0.3 is 0 Å². The molecule has 6 nitrogen and oxygen atoms in total. The maximum atomic E-state index is 12.6. The number of aromatic nitrogens is 2. The quantitative estimate of drug-likeness (QED) is 0.482. The minimum absolute atomic E-state index is 0.133. The van der Waals surface area contributed by atoms with Crippen LogP contribution in [0.4, 0.5) is 0 Å². The van der Waals surface area contributed by atoms with E-state index in [-0.39, 0.29) is 12.1 Å². The van der Waals surface area contributed by atoms with E-state index in [2.05, 4.69) is 38.4 Å². The Bertz CT molecular complexity index is 1020. The van der Waals surface area contributed by atoms with Gasteiger partial charge in [0.1, 0.15) is 11.9 Å². The van der Waals surface area contributed by atoms with Gasteiger partial charge in [0.15, 0.2) is 0 Å². The van der Waals surface area contributed by atoms with E-state index < -0.39 is 0 Å². The number of amides is 1. The van der Waals surface area contributed by atoms with E-state index in [9.17, 15) is 4.79 Å². The number of hydrogen-bond donors (Lipinski definition) is 2. The number of methoxy groups -OCH3 is 1. The Kier molecular flexibility index (Phi) is 7.63. The zero-order chi connectivity index (χ0) is 22.3. The second-order valence-electron chi connectivity index (χ2n) is 8.29. The van der Waals surface area contributed by atoms with Gasteiger partial charge in [-0.3, -0.25) is 4.79 Å². The number of carbonyl (C=O) groups is 1. The van der Waals surface area contributed by atoms with Crippen LogP contribution in [0.3, 0.4) is 0 Å². The predicted molar refractivity (Wildman–Crippen MR) is 128 cm³/mol. The van der Waals surface area contributed by atoms with Gasteiger partial charge in [0, 0.05) is 29.7 Å². The van der Waals surface area contributed by atoms with Crippen LogP contribution in [-0.4, -0.2) is 41.9 Å². The third-order valence-corrected chi connectivity index (χ3v) is 6.72. The first-order chi connectivity index (χ1) is 15.7. The molecule has 3 aromatic rings. The van der Waals surface area contributed by atoms with Crippen molar-refractivity contribution in [3.8, 4) is 11.3 Å². The molecule has 0 spiro atoms. The minimum Gasteiger partial charge on any atom is -0.362 e. The number of fused-ring (bicyclic) bond motifs is 1. The highest BCUT2D eigenvalue weighted by Gasteiger charge is 2.18. The topological polar surface area (TPSA) is 76.1 Å². The first-order valence-electron chi connectivity index (χ1n) is 11.2. The third-order valence-electron chi connectivity index (χ3n) is 6.22. The summed E-state index contributed by atoms with van der Waals surface area (Å²) in [5.74, 6) is -0.133. The molecule has 1 heterocycles. The van der Waals surface area contributed by atoms with E-state index in [4.69, 9.17) is 4.74 Å². The number of nitrogens with one attached hydrogen (secondary N) is 2. The van der Waals surface area contributed by atoms with E-state index in [1.165, 1.54) is 34.6 Å². The van der Waals surface area contributed by atoms with Crippen LogP contribution in [0.25, 0.3) is 11.3 Å². The van der Waals surface area contributed by atoms with E-state index in [1.54, 1.807) is 7.11 Å². The molecule has 1 aromatic heterocycles. The van der Waals surface area contributed by atoms with Crippen molar-refractivity contribution in [1.82, 2.24) is 20.2 Å². The number of benzene rings is 2. The monoisotopic (exact) mass is 450 g/mol. The van der Waals surface area contributed by atoms with Gasteiger partial charge in [0.25, 0.3) is 5.91 Å². The number of carbonyl (C=O) groups excluding carboxylic acids is 1. The molecular formula is C25H30N4O2S. The van der Waals surface area contributed by atoms with Gasteiger partial charge in [-0.15, -0.1) is 5.10 Å². The first-order valence-corrected chi connectivity index (χ1v) is 12.0. The van der Waals surface area contributed by atoms with Gasteiger partial charge in [-0.1, -0.05) is 34.8 Å². The number of nitrogens with zero attached hydrogens (tertiary/aromatic N) is 2. The minimum atomic E-state index is -0.309. The van der Waals surface area contributed by atoms with E-state index in [0.717, 1.165) is 43.4 Å². The first kappa shape index (κ1) is 22.6. The van der Waals surface area contributed by atoms with Crippen molar-refractivity contribution in [1.29, 1.82) is 0 Å². The van der Waals surface area contributed by atoms with Crippen LogP contribution in [0.15, 0.2) is 47.8 Å². The van der Waals surface area contributed by atoms with Crippen molar-refractivity contribution < 1.29 is 9.53 Å². The summed E-state index contributed by atoms with van der Waals surface area (Å²) in [6, 6.07) is 14.9. The Labute approximate surface area is 193 Å². The second kappa shape index (κ2) is 10.8. The molecule has 1 aliphatic carbocycles. The summed E-state index contributed by atoms with van der Waals surface area (Å²) in [6.07, 6.45) is 5.85. The highest BCUT2D eigenvalue weighted by molar-refractivity contribution is 7.03. The number of ether oxygens (including phenoxy) is 1. The summed E-state index contributed by atoms with van der Waals surface area (Å²) < 4.78 is 9.40. The molecule has 2 aromatic carbocycles. The average Bonchev–Trinajstić information content (AvgIpc) is 3.38. The summed E-state index contributed by atoms with van der Waals surface area (Å²) in [6.45, 7) is 0. The van der Waals surface area contributed by atoms with Crippen molar-refractivity contribution in [2.75, 3.05) is 14.2 Å². The van der Waals surface area contributed by atoms with Crippen LogP contribution in [0.1, 0.15) is 46.3 Å². The van der Waals surface area contributed by atoms with Crippen molar-refractivity contribution in [3.05, 3.63) is 70.1 Å². The molecule has 4 rings (SSSR count). The third kappa shape index (κ3) is 5.59. The van der Waals surface area contributed by atoms with Gasteiger partial charge < -0.3 is 15.4 Å². The normalized spacial score (nSPS) is 16.4. The molecule has 7 heteroatoms. The highest BCUT2D eigenvalue weighted by atomic mass is 32.1. The van der Waals surface area contributed by atoms with Crippen LogP contribution in [0, 0.1) is 0 Å². The Morgan fingerprint density at radius 2 is 2.06 bits per heavy atom. The Morgan fingerprint density at radius 3 is 2.78 bits per heavy atom. The van der Waals surface area contributed by atoms with E-state index >= 15 is 0 Å². The largest absolute Gasteiger partial charge is 0.362 e. The second-order valence-corrected chi connectivity index (χ2v) is 8.90. The smallest absolute Gasteiger partial charge is 0.253 e. The number of likely N-dealkylation sites (N-methyl/N-ethyl adjacent to an activating group) is 1. The molecule has 2 atom stereocenters. The fraction of sp³-hybridized carbons (Fsp3) is 0.400. The fourth-order valence-corrected chi connectivity index (χ4v) is 4.73. The van der Waals surface area contributed by atoms with Gasteiger partial charge in [-0.25, -0.2) is 0 Å². The standard InChI is InChI=1S/C25H30N4O2S/c1-26-22-13-12-18-7-6-17(14-21(18)15-22)4-3-5-24(31-2)27-25(30)20-10-8-19(9-11-20)23-16-32-29-28-23/h6-11,14,16,22,24,26H,3-5,12-13,15H2,1-2H3,(H,27,30)/t22-,24?/m0/s1. The van der Waals surface area contributed by atoms with Crippen molar-refractivity contribution >= 4 is 17.4 Å². The molecule has 0 radical (unpaired) electrons. The Hall–Kier alpha value is -2.61. The Balaban J connectivity index is 1.28. The zero-order valence-corrected chi connectivity index (χ0v) is 19.5. The van der Waals surface area contributed by atoms with Crippen LogP contribution < -0.4 is 10.6 Å². The zero-order valence-electron chi connectivity index (χ0n) is 18.6. The number of hydrogen-bond acceptors (Lipinski definition) is 6. The van der Waals surface area contributed by atoms with Gasteiger partial charge in [0.05, 0.1) is 0 Å². The van der Waals surface area contributed by atoms with Crippen molar-refractivity contribution in [2.24, 2.45) is 0 Å². The lowest BCUT2D eigenvalue weighted by Crippen LogP contribution is -2.36. The maximum absolute atomic E-state index is 12.6. The van der Waals surface area contributed by atoms with Gasteiger partial charge in [0.2, 0.25) is 0 Å². The van der Waals surface area contributed by atoms with Crippen molar-refractivity contribution in [2.45, 2.75) is 50.8 Å². The molecule has 0 aliphatic heterocycles. The van der Waals surface area contributed by atoms with Crippen LogP contribution in [-0.2, 0) is 24.0 Å². The molecule has 1 aliphatic rings. The molecule has 0 saturated carbocycles. The lowest BCUT2D eigenvalue weighted by Gasteiger charge is -2.24. The number of rotatable bonds is 9. The van der Waals surface area contributed by atoms with E-state index in [0.29, 0.717) is 11.6 Å². The molecule has 168 valence electrons. The van der Waals surface area contributed by atoms with E-state index in [1.807, 2.05) is 36.7 Å². The van der Waals surface area contributed by atoms with Crippen LogP contribution in [0.5, 0.6) is 0 Å². The maximum Gasteiger partial charge on any atom is 0.253 e. The van der Waals surface area contributed by atoms with Crippen molar-refractivity contribution in [3.63, 3.8) is 0 Å². The van der Waals surface area contributed by atoms with Gasteiger partial charge in [-0.05, 0) is 85.9 Å². The molecule has 0 saturated heterocycles. The lowest BCUT2D eigenvalue weighted by molar-refractivity contribution is 0.0530. The summed E-state index contributed by atoms with van der Waals surface area (Å²) >= 11 is 1.31. The Morgan fingerprint density at radius 1 is 1.22 bits per heavy atom. The number of aryl methyl sites for hydroxylation is 2. The average molecular weight is 451 g/mol. The summed E-state index contributed by atoms with van der Waals surface area (Å²) in [5, 5.41) is 12.3. The SMILES string of the molecule is CN[C@H]1CCc2ccc(CCCC(NC(=O)c3ccc(-c4csnn4)cc3)OC)cc2C1. The molecular weight excluding hydrogens is 420 g/mol. The molecule has 1 unspecified atom stereocenters. The summed E-state index contributed by atoms with van der Waals surface area (Å²) in [5.41, 5.74) is 6.69. The molecule has 0 fully saturated rings.